The monoisotopic (exact) mass is 370 g/mol. The van der Waals surface area contributed by atoms with Gasteiger partial charge in [0.25, 0.3) is 5.56 Å². The molecule has 0 amide bonds. The molecule has 136 valence electrons. The predicted molar refractivity (Wildman–Crippen MR) is 103 cm³/mol. The highest BCUT2D eigenvalue weighted by molar-refractivity contribution is 7.22. The van der Waals surface area contributed by atoms with Gasteiger partial charge in [-0.25, -0.2) is 0 Å². The topological polar surface area (TPSA) is 74.0 Å². The highest BCUT2D eigenvalue weighted by Gasteiger charge is 2.26. The van der Waals surface area contributed by atoms with Crippen molar-refractivity contribution in [2.75, 3.05) is 19.7 Å². The molecule has 3 aromatic heterocycles. The molecule has 26 heavy (non-hydrogen) atoms. The highest BCUT2D eigenvalue weighted by atomic mass is 32.1. The number of nitrogens with zero attached hydrogens (tertiary/aromatic N) is 2. The zero-order chi connectivity index (χ0) is 17.5. The zero-order valence-electron chi connectivity index (χ0n) is 14.6. The van der Waals surface area contributed by atoms with E-state index in [0.717, 1.165) is 64.4 Å². The van der Waals surface area contributed by atoms with E-state index in [1.807, 2.05) is 6.20 Å². The number of thiophene rings is 1. The predicted octanol–water partition coefficient (Wildman–Crippen LogP) is 3.29. The van der Waals surface area contributed by atoms with Gasteiger partial charge in [0.05, 0.1) is 17.7 Å². The average Bonchev–Trinajstić information content (AvgIpc) is 3.25. The Kier molecular flexibility index (Phi) is 4.05. The number of rotatable bonds is 3. The van der Waals surface area contributed by atoms with Crippen LogP contribution in [0.15, 0.2) is 17.2 Å². The van der Waals surface area contributed by atoms with Gasteiger partial charge in [-0.3, -0.25) is 14.8 Å². The van der Waals surface area contributed by atoms with Gasteiger partial charge in [0.2, 0.25) is 0 Å². The molecule has 0 radical (unpaired) electrons. The van der Waals surface area contributed by atoms with Gasteiger partial charge in [-0.2, -0.15) is 5.10 Å². The number of likely N-dealkylation sites (tertiary alicyclic amines) is 1. The van der Waals surface area contributed by atoms with E-state index in [4.69, 9.17) is 4.74 Å². The van der Waals surface area contributed by atoms with E-state index in [1.165, 1.54) is 36.2 Å². The van der Waals surface area contributed by atoms with Crippen molar-refractivity contribution in [2.24, 2.45) is 0 Å². The Balaban J connectivity index is 1.68. The maximum Gasteiger partial charge on any atom is 0.266 e. The summed E-state index contributed by atoms with van der Waals surface area (Å²) in [6.07, 6.45) is 9.38. The van der Waals surface area contributed by atoms with E-state index in [1.54, 1.807) is 6.20 Å². The van der Waals surface area contributed by atoms with Crippen LogP contribution >= 0.6 is 11.3 Å². The number of hydrogen-bond acceptors (Lipinski definition) is 5. The summed E-state index contributed by atoms with van der Waals surface area (Å²) in [4.78, 5) is 19.5. The maximum atomic E-state index is 12.8. The van der Waals surface area contributed by atoms with Crippen molar-refractivity contribution in [3.63, 3.8) is 0 Å². The van der Waals surface area contributed by atoms with Crippen molar-refractivity contribution in [2.45, 2.75) is 38.6 Å². The number of aromatic nitrogens is 3. The van der Waals surface area contributed by atoms with E-state index in [2.05, 4.69) is 20.1 Å². The van der Waals surface area contributed by atoms with Gasteiger partial charge in [0, 0.05) is 29.4 Å². The highest BCUT2D eigenvalue weighted by Crippen LogP contribution is 2.46. The molecular weight excluding hydrogens is 348 g/mol. The standard InChI is InChI=1S/C19H22N4O2S/c24-19-18-15-13(14(22-19)11-23-6-2-1-3-7-23)5-4-8-25-16(15)17(26-18)12-9-20-21-10-12/h9-10H,1-8,11H2,(H,20,21)(H,22,24). The Labute approximate surface area is 155 Å². The van der Waals surface area contributed by atoms with Gasteiger partial charge in [-0.15, -0.1) is 11.3 Å². The molecule has 6 nitrogen and oxygen atoms in total. The minimum Gasteiger partial charge on any atom is -0.491 e. The molecule has 0 atom stereocenters. The van der Waals surface area contributed by atoms with Crippen molar-refractivity contribution in [3.05, 3.63) is 34.0 Å². The maximum absolute atomic E-state index is 12.8. The molecule has 2 aliphatic heterocycles. The lowest BCUT2D eigenvalue weighted by atomic mass is 10.0. The van der Waals surface area contributed by atoms with Crippen LogP contribution in [0.3, 0.4) is 0 Å². The van der Waals surface area contributed by atoms with Gasteiger partial charge in [-0.1, -0.05) is 6.42 Å². The van der Waals surface area contributed by atoms with Crippen LogP contribution in [0.4, 0.5) is 0 Å². The molecule has 0 spiro atoms. The molecule has 3 aromatic rings. The summed E-state index contributed by atoms with van der Waals surface area (Å²) < 4.78 is 6.89. The Bertz CT molecular complexity index is 983. The van der Waals surface area contributed by atoms with Crippen molar-refractivity contribution in [1.29, 1.82) is 0 Å². The smallest absolute Gasteiger partial charge is 0.266 e. The normalized spacial score (nSPS) is 18.0. The van der Waals surface area contributed by atoms with Crippen LogP contribution in [0, 0.1) is 0 Å². The van der Waals surface area contributed by atoms with Gasteiger partial charge < -0.3 is 9.72 Å². The molecule has 0 bridgehead atoms. The molecule has 5 heterocycles. The van der Waals surface area contributed by atoms with Gasteiger partial charge >= 0.3 is 0 Å². The lowest BCUT2D eigenvalue weighted by Gasteiger charge is -2.27. The van der Waals surface area contributed by atoms with Crippen LogP contribution in [0.1, 0.15) is 36.9 Å². The van der Waals surface area contributed by atoms with E-state index in [0.29, 0.717) is 6.61 Å². The second kappa shape index (κ2) is 6.55. The van der Waals surface area contributed by atoms with E-state index >= 15 is 0 Å². The first-order valence-electron chi connectivity index (χ1n) is 9.36. The molecular formula is C19H22N4O2S. The van der Waals surface area contributed by atoms with E-state index < -0.39 is 0 Å². The molecule has 0 unspecified atom stereocenters. The fourth-order valence-corrected chi connectivity index (χ4v) is 5.30. The third-order valence-corrected chi connectivity index (χ3v) is 6.63. The third kappa shape index (κ3) is 2.66. The summed E-state index contributed by atoms with van der Waals surface area (Å²) in [5.74, 6) is 0.866. The second-order valence-corrected chi connectivity index (χ2v) is 8.17. The lowest BCUT2D eigenvalue weighted by Crippen LogP contribution is -2.30. The van der Waals surface area contributed by atoms with Crippen molar-refractivity contribution < 1.29 is 4.74 Å². The number of pyridine rings is 1. The van der Waals surface area contributed by atoms with Gasteiger partial charge in [0.15, 0.2) is 0 Å². The SMILES string of the molecule is O=c1[nH]c(CN2CCCCC2)c2c3c(c(-c4cn[nH]c4)sc13)OCCC2. The molecule has 2 N–H and O–H groups in total. The summed E-state index contributed by atoms with van der Waals surface area (Å²) in [6.45, 7) is 3.75. The summed E-state index contributed by atoms with van der Waals surface area (Å²) in [5, 5.41) is 7.95. The van der Waals surface area contributed by atoms with Crippen molar-refractivity contribution in [1.82, 2.24) is 20.1 Å². The Morgan fingerprint density at radius 1 is 1.23 bits per heavy atom. The number of aryl methyl sites for hydroxylation is 1. The van der Waals surface area contributed by atoms with Crippen LogP contribution in [-0.2, 0) is 13.0 Å². The molecule has 5 rings (SSSR count). The number of aromatic amines is 2. The Morgan fingerprint density at radius 3 is 2.92 bits per heavy atom. The van der Waals surface area contributed by atoms with Gasteiger partial charge in [0.1, 0.15) is 10.4 Å². The first-order valence-corrected chi connectivity index (χ1v) is 10.2. The van der Waals surface area contributed by atoms with E-state index in [9.17, 15) is 4.79 Å². The second-order valence-electron chi connectivity index (χ2n) is 7.15. The van der Waals surface area contributed by atoms with Crippen molar-refractivity contribution in [3.8, 4) is 16.2 Å². The molecule has 0 saturated carbocycles. The Morgan fingerprint density at radius 2 is 2.12 bits per heavy atom. The van der Waals surface area contributed by atoms with Crippen molar-refractivity contribution >= 4 is 21.4 Å². The van der Waals surface area contributed by atoms with Gasteiger partial charge in [-0.05, 0) is 44.3 Å². The summed E-state index contributed by atoms with van der Waals surface area (Å²) >= 11 is 1.51. The van der Waals surface area contributed by atoms with Crippen LogP contribution in [0.5, 0.6) is 5.75 Å². The molecule has 1 fully saturated rings. The van der Waals surface area contributed by atoms with Crippen LogP contribution in [0.2, 0.25) is 0 Å². The largest absolute Gasteiger partial charge is 0.491 e. The fourth-order valence-electron chi connectivity index (χ4n) is 4.15. The first-order chi connectivity index (χ1) is 12.8. The van der Waals surface area contributed by atoms with Crippen LogP contribution in [0.25, 0.3) is 20.5 Å². The molecule has 0 aromatic carbocycles. The summed E-state index contributed by atoms with van der Waals surface area (Å²) in [7, 11) is 0. The summed E-state index contributed by atoms with van der Waals surface area (Å²) in [5.41, 5.74) is 3.32. The lowest BCUT2D eigenvalue weighted by molar-refractivity contribution is 0.218. The quantitative estimate of drug-likeness (QED) is 0.742. The minimum absolute atomic E-state index is 0.00209. The summed E-state index contributed by atoms with van der Waals surface area (Å²) in [6, 6.07) is 0. The number of piperidine rings is 1. The average molecular weight is 370 g/mol. The number of ether oxygens (including phenoxy) is 1. The third-order valence-electron chi connectivity index (χ3n) is 5.41. The first kappa shape index (κ1) is 16.1. The number of H-pyrrole nitrogens is 2. The fraction of sp³-hybridized carbons (Fsp3) is 0.474. The minimum atomic E-state index is 0.00209. The Hall–Kier alpha value is -2.12. The van der Waals surface area contributed by atoms with E-state index in [-0.39, 0.29) is 5.56 Å². The molecule has 7 heteroatoms. The zero-order valence-corrected chi connectivity index (χ0v) is 15.5. The van der Waals surface area contributed by atoms with Crippen LogP contribution < -0.4 is 10.3 Å². The molecule has 0 aliphatic carbocycles. The molecule has 2 aliphatic rings. The van der Waals surface area contributed by atoms with Crippen LogP contribution in [-0.4, -0.2) is 39.8 Å². The number of hydrogen-bond donors (Lipinski definition) is 2. The molecule has 1 saturated heterocycles. The number of nitrogens with one attached hydrogen (secondary N) is 2.